The number of benzene rings is 2. The van der Waals surface area contributed by atoms with E-state index in [4.69, 9.17) is 4.74 Å². The summed E-state index contributed by atoms with van der Waals surface area (Å²) in [6.45, 7) is -0.593. The number of halogens is 2. The Balaban J connectivity index is 1.94. The summed E-state index contributed by atoms with van der Waals surface area (Å²) in [5.74, 6) is 0. The van der Waals surface area contributed by atoms with Crippen molar-refractivity contribution in [1.29, 1.82) is 0 Å². The van der Waals surface area contributed by atoms with Crippen molar-refractivity contribution in [3.05, 3.63) is 64.6 Å². The largest absolute Gasteiger partial charge is 0.433 e. The molecule has 2 aromatic carbocycles. The molecule has 0 saturated carbocycles. The first-order valence-corrected chi connectivity index (χ1v) is 7.31. The van der Waals surface area contributed by atoms with E-state index in [-0.39, 0.29) is 6.54 Å². The molecule has 1 amide bonds. The van der Waals surface area contributed by atoms with Crippen molar-refractivity contribution in [3.8, 4) is 0 Å². The average molecular weight is 350 g/mol. The zero-order valence-electron chi connectivity index (χ0n) is 11.1. The van der Waals surface area contributed by atoms with Crippen LogP contribution in [0.3, 0.4) is 0 Å². The van der Waals surface area contributed by atoms with Gasteiger partial charge < -0.3 is 4.74 Å². The highest BCUT2D eigenvalue weighted by Crippen LogP contribution is 2.36. The van der Waals surface area contributed by atoms with Gasteiger partial charge in [-0.3, -0.25) is 4.90 Å². The Bertz CT molecular complexity index is 647. The SMILES string of the molecule is O=C1OC(CF)(c2ccccc2)CN1c1ccc(Br)cc1. The lowest BCUT2D eigenvalue weighted by Gasteiger charge is -2.23. The molecule has 1 aliphatic heterocycles. The van der Waals surface area contributed by atoms with Crippen molar-refractivity contribution in [2.45, 2.75) is 5.60 Å². The van der Waals surface area contributed by atoms with Crippen molar-refractivity contribution in [1.82, 2.24) is 0 Å². The fourth-order valence-electron chi connectivity index (χ4n) is 2.43. The van der Waals surface area contributed by atoms with E-state index in [2.05, 4.69) is 15.9 Å². The van der Waals surface area contributed by atoms with Gasteiger partial charge in [-0.1, -0.05) is 46.3 Å². The molecule has 0 bridgehead atoms. The molecule has 1 fully saturated rings. The number of ether oxygens (including phenoxy) is 1. The average Bonchev–Trinajstić information content (AvgIpc) is 2.87. The molecule has 0 N–H and O–H groups in total. The highest BCUT2D eigenvalue weighted by molar-refractivity contribution is 9.10. The third-order valence-corrected chi connectivity index (χ3v) is 4.10. The second-order valence-corrected chi connectivity index (χ2v) is 5.84. The van der Waals surface area contributed by atoms with Gasteiger partial charge in [0.15, 0.2) is 5.60 Å². The Hall–Kier alpha value is -1.88. The van der Waals surface area contributed by atoms with Gasteiger partial charge in [0, 0.05) is 15.7 Å². The lowest BCUT2D eigenvalue weighted by Crippen LogP contribution is -2.34. The molecule has 0 aromatic heterocycles. The second kappa shape index (κ2) is 5.48. The van der Waals surface area contributed by atoms with Gasteiger partial charge in [0.1, 0.15) is 6.67 Å². The topological polar surface area (TPSA) is 29.5 Å². The molecule has 0 aliphatic carbocycles. The molecule has 3 rings (SSSR count). The second-order valence-electron chi connectivity index (χ2n) is 4.92. The van der Waals surface area contributed by atoms with E-state index in [1.54, 1.807) is 24.3 Å². The number of hydrogen-bond acceptors (Lipinski definition) is 2. The summed E-state index contributed by atoms with van der Waals surface area (Å²) in [5.41, 5.74) is 0.126. The van der Waals surface area contributed by atoms with Crippen LogP contribution < -0.4 is 4.90 Å². The summed E-state index contributed by atoms with van der Waals surface area (Å²) in [6.07, 6.45) is -0.529. The van der Waals surface area contributed by atoms with Gasteiger partial charge in [0.25, 0.3) is 0 Å². The van der Waals surface area contributed by atoms with Crippen LogP contribution in [0.4, 0.5) is 14.9 Å². The Labute approximate surface area is 130 Å². The summed E-state index contributed by atoms with van der Waals surface area (Å²) in [5, 5.41) is 0. The molecular formula is C16H13BrFNO2. The van der Waals surface area contributed by atoms with E-state index in [9.17, 15) is 9.18 Å². The first kappa shape index (κ1) is 14.1. The number of cyclic esters (lactones) is 1. The summed E-state index contributed by atoms with van der Waals surface area (Å²) in [4.78, 5) is 13.6. The third kappa shape index (κ3) is 2.53. The van der Waals surface area contributed by atoms with Crippen LogP contribution >= 0.6 is 15.9 Å². The molecule has 1 saturated heterocycles. The van der Waals surface area contributed by atoms with E-state index in [0.717, 1.165) is 4.47 Å². The highest BCUT2D eigenvalue weighted by Gasteiger charge is 2.47. The molecule has 1 aliphatic rings. The fourth-order valence-corrected chi connectivity index (χ4v) is 2.70. The Kier molecular flexibility index (Phi) is 3.68. The number of amides is 1. The number of anilines is 1. The monoisotopic (exact) mass is 349 g/mol. The first-order chi connectivity index (χ1) is 10.1. The van der Waals surface area contributed by atoms with Gasteiger partial charge >= 0.3 is 6.09 Å². The number of nitrogens with zero attached hydrogens (tertiary/aromatic N) is 1. The van der Waals surface area contributed by atoms with Gasteiger partial charge in [-0.15, -0.1) is 0 Å². The summed E-state index contributed by atoms with van der Waals surface area (Å²) in [6, 6.07) is 16.3. The van der Waals surface area contributed by atoms with Crippen LogP contribution in [0.2, 0.25) is 0 Å². The van der Waals surface area contributed by atoms with Crippen molar-refractivity contribution >= 4 is 27.7 Å². The quantitative estimate of drug-likeness (QED) is 0.827. The van der Waals surface area contributed by atoms with E-state index in [1.165, 1.54) is 4.90 Å². The van der Waals surface area contributed by atoms with Crippen LogP contribution in [-0.4, -0.2) is 19.3 Å². The minimum Gasteiger partial charge on any atom is -0.433 e. The van der Waals surface area contributed by atoms with Gasteiger partial charge in [0.05, 0.1) is 6.54 Å². The zero-order chi connectivity index (χ0) is 14.9. The van der Waals surface area contributed by atoms with Crippen molar-refractivity contribution in [3.63, 3.8) is 0 Å². The van der Waals surface area contributed by atoms with Crippen LogP contribution in [-0.2, 0) is 10.3 Å². The minimum atomic E-state index is -1.23. The van der Waals surface area contributed by atoms with Crippen LogP contribution in [0.1, 0.15) is 5.56 Å². The van der Waals surface area contributed by atoms with Crippen LogP contribution in [0.15, 0.2) is 59.1 Å². The van der Waals surface area contributed by atoms with Gasteiger partial charge in [-0.2, -0.15) is 0 Å². The standard InChI is InChI=1S/C16H13BrFNO2/c17-13-6-8-14(9-7-13)19-11-16(10-18,21-15(19)20)12-4-2-1-3-5-12/h1-9H,10-11H2. The zero-order valence-corrected chi connectivity index (χ0v) is 12.7. The Morgan fingerprint density at radius 1 is 1.14 bits per heavy atom. The van der Waals surface area contributed by atoms with Crippen LogP contribution in [0.5, 0.6) is 0 Å². The predicted molar refractivity (Wildman–Crippen MR) is 82.1 cm³/mol. The maximum atomic E-state index is 13.7. The van der Waals surface area contributed by atoms with Crippen molar-refractivity contribution in [2.24, 2.45) is 0 Å². The normalized spacial score (nSPS) is 21.4. The van der Waals surface area contributed by atoms with Gasteiger partial charge in [-0.05, 0) is 24.3 Å². The smallest absolute Gasteiger partial charge is 0.415 e. The maximum absolute atomic E-state index is 13.7. The molecule has 3 nitrogen and oxygen atoms in total. The van der Waals surface area contributed by atoms with Crippen molar-refractivity contribution in [2.75, 3.05) is 18.1 Å². The molecule has 1 unspecified atom stereocenters. The molecule has 2 aromatic rings. The molecule has 108 valence electrons. The number of carbonyl (C=O) groups excluding carboxylic acids is 1. The molecule has 0 spiro atoms. The summed E-state index contributed by atoms with van der Waals surface area (Å²) < 4.78 is 20.0. The Morgan fingerprint density at radius 2 is 1.81 bits per heavy atom. The number of carbonyl (C=O) groups is 1. The highest BCUT2D eigenvalue weighted by atomic mass is 79.9. The van der Waals surface area contributed by atoms with Crippen molar-refractivity contribution < 1.29 is 13.9 Å². The van der Waals surface area contributed by atoms with E-state index >= 15 is 0 Å². The fraction of sp³-hybridized carbons (Fsp3) is 0.188. The number of alkyl halides is 1. The van der Waals surface area contributed by atoms with E-state index < -0.39 is 18.4 Å². The lowest BCUT2D eigenvalue weighted by atomic mass is 9.95. The Morgan fingerprint density at radius 3 is 2.43 bits per heavy atom. The van der Waals surface area contributed by atoms with Crippen LogP contribution in [0.25, 0.3) is 0 Å². The summed E-state index contributed by atoms with van der Waals surface area (Å²) in [7, 11) is 0. The molecule has 1 atom stereocenters. The van der Waals surface area contributed by atoms with E-state index in [1.807, 2.05) is 30.3 Å². The third-order valence-electron chi connectivity index (χ3n) is 3.57. The number of hydrogen-bond donors (Lipinski definition) is 0. The number of rotatable bonds is 3. The van der Waals surface area contributed by atoms with Crippen LogP contribution in [0, 0.1) is 0 Å². The molecule has 21 heavy (non-hydrogen) atoms. The van der Waals surface area contributed by atoms with E-state index in [0.29, 0.717) is 11.3 Å². The lowest BCUT2D eigenvalue weighted by molar-refractivity contribution is 0.0323. The predicted octanol–water partition coefficient (Wildman–Crippen LogP) is 4.27. The van der Waals surface area contributed by atoms with Gasteiger partial charge in [0.2, 0.25) is 0 Å². The summed E-state index contributed by atoms with van der Waals surface area (Å²) >= 11 is 3.35. The molecule has 1 heterocycles. The minimum absolute atomic E-state index is 0.161. The first-order valence-electron chi connectivity index (χ1n) is 6.52. The van der Waals surface area contributed by atoms with Gasteiger partial charge in [-0.25, -0.2) is 9.18 Å². The maximum Gasteiger partial charge on any atom is 0.415 e. The molecular weight excluding hydrogens is 337 g/mol. The molecule has 5 heteroatoms. The molecule has 0 radical (unpaired) electrons.